The summed E-state index contributed by atoms with van der Waals surface area (Å²) in [5, 5.41) is 9.14. The van der Waals surface area contributed by atoms with Crippen molar-refractivity contribution >= 4 is 0 Å². The van der Waals surface area contributed by atoms with Crippen LogP contribution in [0.3, 0.4) is 0 Å². The summed E-state index contributed by atoms with van der Waals surface area (Å²) in [4.78, 5) is 0. The van der Waals surface area contributed by atoms with E-state index < -0.39 is 0 Å². The quantitative estimate of drug-likeness (QED) is 0.561. The number of hydrogen-bond acceptors (Lipinski definition) is 2. The van der Waals surface area contributed by atoms with Crippen molar-refractivity contribution in [3.63, 3.8) is 0 Å². The largest absolute Gasteiger partial charge is 0.504 e. The summed E-state index contributed by atoms with van der Waals surface area (Å²) >= 11 is 0. The molecule has 1 N–H and O–H groups in total. The van der Waals surface area contributed by atoms with Gasteiger partial charge in [0.2, 0.25) is 0 Å². The number of phenolic OH excluding ortho intramolecular Hbond substituents is 1. The zero-order valence-electron chi connectivity index (χ0n) is 4.79. The second-order valence-corrected chi connectivity index (χ2v) is 2.05. The summed E-state index contributed by atoms with van der Waals surface area (Å²) in [6.07, 6.45) is 0. The maximum atomic E-state index is 9.14. The van der Waals surface area contributed by atoms with Crippen LogP contribution in [-0.4, -0.2) is 5.11 Å². The van der Waals surface area contributed by atoms with Gasteiger partial charge in [-0.15, -0.1) is 0 Å². The molecule has 2 heteroatoms. The number of ether oxygens (including phenoxy) is 1. The lowest BCUT2D eigenvalue weighted by atomic mass is 10.2. The molecule has 0 radical (unpaired) electrons. The predicted octanol–water partition coefficient (Wildman–Crippen LogP) is 1.28. The summed E-state index contributed by atoms with van der Waals surface area (Å²) in [7, 11) is 0. The number of hydrogen-bond donors (Lipinski definition) is 1. The van der Waals surface area contributed by atoms with E-state index >= 15 is 0 Å². The van der Waals surface area contributed by atoms with E-state index in [0.717, 1.165) is 5.56 Å². The molecule has 2 bridgehead atoms. The zero-order chi connectivity index (χ0) is 6.27. The topological polar surface area (TPSA) is 29.5 Å². The Morgan fingerprint density at radius 1 is 1.44 bits per heavy atom. The first kappa shape index (κ1) is 4.68. The van der Waals surface area contributed by atoms with Crippen molar-refractivity contribution in [1.82, 2.24) is 0 Å². The van der Waals surface area contributed by atoms with Crippen LogP contribution in [0.2, 0.25) is 0 Å². The van der Waals surface area contributed by atoms with E-state index in [4.69, 9.17) is 9.84 Å². The molecule has 0 unspecified atom stereocenters. The van der Waals surface area contributed by atoms with Crippen LogP contribution in [-0.2, 0) is 6.61 Å². The Hall–Kier alpha value is -1.18. The third-order valence-electron chi connectivity index (χ3n) is 1.47. The highest BCUT2D eigenvalue weighted by atomic mass is 16.5. The van der Waals surface area contributed by atoms with Crippen molar-refractivity contribution in [3.8, 4) is 11.5 Å². The number of phenols is 1. The van der Waals surface area contributed by atoms with Crippen molar-refractivity contribution in [2.45, 2.75) is 6.61 Å². The Balaban J connectivity index is 2.71. The standard InChI is InChI=1S/C7H6O2/c8-7-5-2-1-3-6(7)9-4-5/h1-3,8H,4H2. The maximum Gasteiger partial charge on any atom is 0.164 e. The average Bonchev–Trinajstić information content (AvgIpc) is 2.19. The van der Waals surface area contributed by atoms with Gasteiger partial charge < -0.3 is 9.84 Å². The van der Waals surface area contributed by atoms with Gasteiger partial charge >= 0.3 is 0 Å². The van der Waals surface area contributed by atoms with Crippen LogP contribution >= 0.6 is 0 Å². The predicted molar refractivity (Wildman–Crippen MR) is 32.4 cm³/mol. The number of benzene rings is 1. The third kappa shape index (κ3) is 0.499. The molecule has 1 aliphatic rings. The first-order valence-corrected chi connectivity index (χ1v) is 2.81. The van der Waals surface area contributed by atoms with Crippen molar-refractivity contribution in [2.24, 2.45) is 0 Å². The molecular formula is C7H6O2. The molecule has 1 aromatic rings. The second-order valence-electron chi connectivity index (χ2n) is 2.05. The van der Waals surface area contributed by atoms with Crippen molar-refractivity contribution < 1.29 is 9.84 Å². The Kier molecular flexibility index (Phi) is 0.730. The van der Waals surface area contributed by atoms with E-state index in [1.54, 1.807) is 6.07 Å². The molecule has 0 fully saturated rings. The van der Waals surface area contributed by atoms with Crippen LogP contribution < -0.4 is 4.74 Å². The molecule has 1 heterocycles. The number of fused-ring (bicyclic) bond motifs is 2. The van der Waals surface area contributed by atoms with Crippen molar-refractivity contribution in [3.05, 3.63) is 23.8 Å². The minimum absolute atomic E-state index is 0.303. The lowest BCUT2D eigenvalue weighted by Gasteiger charge is -1.90. The molecule has 2 nitrogen and oxygen atoms in total. The van der Waals surface area contributed by atoms with Gasteiger partial charge in [-0.05, 0) is 6.07 Å². The SMILES string of the molecule is Oc1c2cccc1OC2. The molecule has 0 saturated heterocycles. The average molecular weight is 122 g/mol. The normalized spacial score (nSPS) is 13.3. The Bertz CT molecular complexity index is 220. The van der Waals surface area contributed by atoms with E-state index in [9.17, 15) is 0 Å². The fourth-order valence-electron chi connectivity index (χ4n) is 0.956. The van der Waals surface area contributed by atoms with Gasteiger partial charge in [0, 0.05) is 5.56 Å². The van der Waals surface area contributed by atoms with Gasteiger partial charge in [0.05, 0.1) is 0 Å². The van der Waals surface area contributed by atoms with Crippen LogP contribution in [0.15, 0.2) is 18.2 Å². The molecule has 1 aromatic carbocycles. The molecule has 1 aliphatic heterocycles. The molecule has 0 atom stereocenters. The summed E-state index contributed by atoms with van der Waals surface area (Å²) < 4.78 is 5.06. The van der Waals surface area contributed by atoms with Gasteiger partial charge in [-0.1, -0.05) is 12.1 Å². The molecule has 0 saturated carbocycles. The van der Waals surface area contributed by atoms with Crippen molar-refractivity contribution in [2.75, 3.05) is 0 Å². The van der Waals surface area contributed by atoms with E-state index in [0.29, 0.717) is 18.1 Å². The summed E-state index contributed by atoms with van der Waals surface area (Å²) in [5.41, 5.74) is 0.882. The molecule has 2 rings (SSSR count). The van der Waals surface area contributed by atoms with Gasteiger partial charge in [0.25, 0.3) is 0 Å². The molecular weight excluding hydrogens is 116 g/mol. The number of rotatable bonds is 0. The van der Waals surface area contributed by atoms with Crippen LogP contribution in [0.25, 0.3) is 0 Å². The zero-order valence-corrected chi connectivity index (χ0v) is 4.79. The molecule has 0 spiro atoms. The first-order valence-electron chi connectivity index (χ1n) is 2.81. The number of aromatic hydroxyl groups is 1. The lowest BCUT2D eigenvalue weighted by Crippen LogP contribution is -1.81. The highest BCUT2D eigenvalue weighted by Gasteiger charge is 2.14. The molecule has 0 amide bonds. The van der Waals surface area contributed by atoms with Gasteiger partial charge in [0.15, 0.2) is 11.5 Å². The number of para-hydroxylation sites is 1. The fourth-order valence-corrected chi connectivity index (χ4v) is 0.956. The van der Waals surface area contributed by atoms with Gasteiger partial charge in [-0.3, -0.25) is 0 Å². The minimum atomic E-state index is 0.303. The van der Waals surface area contributed by atoms with Crippen molar-refractivity contribution in [1.29, 1.82) is 0 Å². The third-order valence-corrected chi connectivity index (χ3v) is 1.47. The van der Waals surface area contributed by atoms with E-state index in [1.807, 2.05) is 12.1 Å². The Morgan fingerprint density at radius 2 is 2.33 bits per heavy atom. The lowest BCUT2D eigenvalue weighted by molar-refractivity contribution is 0.324. The van der Waals surface area contributed by atoms with Crippen LogP contribution in [0.1, 0.15) is 5.56 Å². The van der Waals surface area contributed by atoms with Crippen LogP contribution in [0.5, 0.6) is 11.5 Å². The molecule has 0 aliphatic carbocycles. The molecule has 46 valence electrons. The summed E-state index contributed by atoms with van der Waals surface area (Å²) in [5.74, 6) is 0.907. The smallest absolute Gasteiger partial charge is 0.164 e. The fraction of sp³-hybridized carbons (Fsp3) is 0.143. The highest BCUT2D eigenvalue weighted by molar-refractivity contribution is 5.48. The second kappa shape index (κ2) is 1.41. The van der Waals surface area contributed by atoms with E-state index in [2.05, 4.69) is 0 Å². The van der Waals surface area contributed by atoms with Crippen LogP contribution in [0.4, 0.5) is 0 Å². The van der Waals surface area contributed by atoms with E-state index in [1.165, 1.54) is 0 Å². The highest BCUT2D eigenvalue weighted by Crippen LogP contribution is 2.35. The van der Waals surface area contributed by atoms with E-state index in [-0.39, 0.29) is 0 Å². The molecule has 9 heavy (non-hydrogen) atoms. The van der Waals surface area contributed by atoms with Gasteiger partial charge in [-0.25, -0.2) is 0 Å². The van der Waals surface area contributed by atoms with Gasteiger partial charge in [0.1, 0.15) is 6.61 Å². The van der Waals surface area contributed by atoms with Gasteiger partial charge in [-0.2, -0.15) is 0 Å². The maximum absolute atomic E-state index is 9.14. The summed E-state index contributed by atoms with van der Waals surface area (Å²) in [6.45, 7) is 0.522. The first-order chi connectivity index (χ1) is 4.38. The minimum Gasteiger partial charge on any atom is -0.504 e. The Morgan fingerprint density at radius 3 is 3.00 bits per heavy atom. The van der Waals surface area contributed by atoms with Crippen LogP contribution in [0, 0.1) is 0 Å². The molecule has 0 aromatic heterocycles. The monoisotopic (exact) mass is 122 g/mol. The Labute approximate surface area is 52.7 Å². The summed E-state index contributed by atoms with van der Waals surface area (Å²) in [6, 6.07) is 5.48.